The van der Waals surface area contributed by atoms with E-state index in [0.29, 0.717) is 6.04 Å². The lowest BCUT2D eigenvalue weighted by atomic mass is 10.0. The average Bonchev–Trinajstić information content (AvgIpc) is 2.40. The fraction of sp³-hybridized carbons (Fsp3) is 0.312. The molecule has 0 aliphatic rings. The highest BCUT2D eigenvalue weighted by molar-refractivity contribution is 5.66. The number of aromatic nitrogens is 1. The Bertz CT molecular complexity index is 491. The Kier molecular flexibility index (Phi) is 4.11. The van der Waals surface area contributed by atoms with Crippen molar-refractivity contribution in [2.24, 2.45) is 0 Å². The van der Waals surface area contributed by atoms with E-state index in [1.165, 1.54) is 16.7 Å². The van der Waals surface area contributed by atoms with E-state index in [2.05, 4.69) is 61.1 Å². The van der Waals surface area contributed by atoms with Crippen molar-refractivity contribution in [3.05, 3.63) is 54.4 Å². The number of rotatable bonds is 4. The van der Waals surface area contributed by atoms with Gasteiger partial charge < -0.3 is 0 Å². The Labute approximate surface area is 109 Å². The van der Waals surface area contributed by atoms with Crippen molar-refractivity contribution in [3.8, 4) is 11.1 Å². The van der Waals surface area contributed by atoms with Crippen molar-refractivity contribution in [3.63, 3.8) is 0 Å². The molecule has 0 saturated carbocycles. The van der Waals surface area contributed by atoms with Gasteiger partial charge in [0.05, 0.1) is 0 Å². The van der Waals surface area contributed by atoms with Crippen LogP contribution in [0.2, 0.25) is 0 Å². The van der Waals surface area contributed by atoms with Gasteiger partial charge in [0.15, 0.2) is 0 Å². The van der Waals surface area contributed by atoms with Crippen molar-refractivity contribution in [1.82, 2.24) is 9.88 Å². The van der Waals surface area contributed by atoms with Gasteiger partial charge in [0, 0.05) is 30.5 Å². The van der Waals surface area contributed by atoms with Gasteiger partial charge in [-0.3, -0.25) is 9.88 Å². The van der Waals surface area contributed by atoms with Gasteiger partial charge in [-0.2, -0.15) is 0 Å². The summed E-state index contributed by atoms with van der Waals surface area (Å²) in [4.78, 5) is 6.59. The first-order valence-corrected chi connectivity index (χ1v) is 6.37. The lowest BCUT2D eigenvalue weighted by molar-refractivity contribution is 0.266. The first kappa shape index (κ1) is 12.8. The summed E-state index contributed by atoms with van der Waals surface area (Å²) in [5.41, 5.74) is 3.79. The van der Waals surface area contributed by atoms with E-state index in [1.807, 2.05) is 18.5 Å². The normalized spacial score (nSPS) is 11.2. The zero-order valence-electron chi connectivity index (χ0n) is 11.3. The summed E-state index contributed by atoms with van der Waals surface area (Å²) in [6, 6.07) is 13.1. The van der Waals surface area contributed by atoms with Crippen LogP contribution in [0.1, 0.15) is 19.4 Å². The third kappa shape index (κ3) is 2.96. The summed E-state index contributed by atoms with van der Waals surface area (Å²) in [6.07, 6.45) is 3.83. The molecule has 1 aromatic heterocycles. The molecular weight excluding hydrogens is 220 g/mol. The van der Waals surface area contributed by atoms with Crippen molar-refractivity contribution >= 4 is 0 Å². The molecule has 0 aliphatic heterocycles. The van der Waals surface area contributed by atoms with Crippen molar-refractivity contribution in [2.45, 2.75) is 26.4 Å². The molecule has 94 valence electrons. The van der Waals surface area contributed by atoms with Gasteiger partial charge in [0.1, 0.15) is 0 Å². The topological polar surface area (TPSA) is 16.1 Å². The fourth-order valence-electron chi connectivity index (χ4n) is 1.89. The van der Waals surface area contributed by atoms with Gasteiger partial charge in [0.25, 0.3) is 0 Å². The lowest BCUT2D eigenvalue weighted by Crippen LogP contribution is -2.25. The summed E-state index contributed by atoms with van der Waals surface area (Å²) in [5.74, 6) is 0. The summed E-state index contributed by atoms with van der Waals surface area (Å²) >= 11 is 0. The summed E-state index contributed by atoms with van der Waals surface area (Å²) in [7, 11) is 2.15. The van der Waals surface area contributed by atoms with Gasteiger partial charge in [0.2, 0.25) is 0 Å². The average molecular weight is 240 g/mol. The third-order valence-electron chi connectivity index (χ3n) is 3.30. The van der Waals surface area contributed by atoms with E-state index in [0.717, 1.165) is 6.54 Å². The Hall–Kier alpha value is -1.67. The van der Waals surface area contributed by atoms with Crippen LogP contribution in [-0.4, -0.2) is 23.0 Å². The van der Waals surface area contributed by atoms with E-state index in [1.54, 1.807) is 0 Å². The Morgan fingerprint density at radius 2 is 1.83 bits per heavy atom. The highest BCUT2D eigenvalue weighted by atomic mass is 15.1. The van der Waals surface area contributed by atoms with Crippen LogP contribution >= 0.6 is 0 Å². The number of hydrogen-bond acceptors (Lipinski definition) is 2. The molecule has 0 saturated heterocycles. The number of pyridine rings is 1. The maximum Gasteiger partial charge on any atom is 0.0349 e. The lowest BCUT2D eigenvalue weighted by Gasteiger charge is -2.22. The molecule has 0 unspecified atom stereocenters. The number of hydrogen-bond donors (Lipinski definition) is 0. The minimum atomic E-state index is 0.543. The van der Waals surface area contributed by atoms with Crippen LogP contribution in [0.15, 0.2) is 48.8 Å². The smallest absolute Gasteiger partial charge is 0.0349 e. The molecule has 0 fully saturated rings. The molecule has 0 amide bonds. The predicted octanol–water partition coefficient (Wildman–Crippen LogP) is 3.59. The van der Waals surface area contributed by atoms with Gasteiger partial charge >= 0.3 is 0 Å². The maximum absolute atomic E-state index is 4.26. The van der Waals surface area contributed by atoms with E-state index in [9.17, 15) is 0 Å². The molecule has 1 heterocycles. The molecule has 0 radical (unpaired) electrons. The molecule has 2 aromatic rings. The molecule has 0 aliphatic carbocycles. The molecule has 2 nitrogen and oxygen atoms in total. The van der Waals surface area contributed by atoms with Gasteiger partial charge in [-0.05, 0) is 38.1 Å². The van der Waals surface area contributed by atoms with Gasteiger partial charge in [-0.25, -0.2) is 0 Å². The zero-order chi connectivity index (χ0) is 13.0. The third-order valence-corrected chi connectivity index (χ3v) is 3.30. The first-order chi connectivity index (χ1) is 8.68. The standard InChI is InChI=1S/C16H20N2/c1-13(2)18(3)12-15-9-10-17-11-16(15)14-7-5-4-6-8-14/h4-11,13H,12H2,1-3H3. The fourth-order valence-corrected chi connectivity index (χ4v) is 1.89. The summed E-state index contributed by atoms with van der Waals surface area (Å²) in [6.45, 7) is 5.37. The number of nitrogens with zero attached hydrogens (tertiary/aromatic N) is 2. The molecule has 0 bridgehead atoms. The highest BCUT2D eigenvalue weighted by Crippen LogP contribution is 2.23. The Morgan fingerprint density at radius 3 is 2.50 bits per heavy atom. The van der Waals surface area contributed by atoms with Crippen LogP contribution in [0.4, 0.5) is 0 Å². The van der Waals surface area contributed by atoms with E-state index in [-0.39, 0.29) is 0 Å². The monoisotopic (exact) mass is 240 g/mol. The van der Waals surface area contributed by atoms with Gasteiger partial charge in [-0.1, -0.05) is 30.3 Å². The predicted molar refractivity (Wildman–Crippen MR) is 76.3 cm³/mol. The van der Waals surface area contributed by atoms with Crippen molar-refractivity contribution < 1.29 is 0 Å². The van der Waals surface area contributed by atoms with E-state index >= 15 is 0 Å². The molecule has 0 N–H and O–H groups in total. The summed E-state index contributed by atoms with van der Waals surface area (Å²) in [5, 5.41) is 0. The Morgan fingerprint density at radius 1 is 1.11 bits per heavy atom. The molecule has 18 heavy (non-hydrogen) atoms. The quantitative estimate of drug-likeness (QED) is 0.812. The largest absolute Gasteiger partial charge is 0.300 e. The van der Waals surface area contributed by atoms with Crippen LogP contribution in [0, 0.1) is 0 Å². The van der Waals surface area contributed by atoms with Crippen LogP contribution < -0.4 is 0 Å². The molecule has 2 rings (SSSR count). The second kappa shape index (κ2) is 5.78. The second-order valence-electron chi connectivity index (χ2n) is 4.91. The van der Waals surface area contributed by atoms with Gasteiger partial charge in [-0.15, -0.1) is 0 Å². The summed E-state index contributed by atoms with van der Waals surface area (Å²) < 4.78 is 0. The first-order valence-electron chi connectivity index (χ1n) is 6.37. The van der Waals surface area contributed by atoms with E-state index in [4.69, 9.17) is 0 Å². The van der Waals surface area contributed by atoms with Crippen molar-refractivity contribution in [2.75, 3.05) is 7.05 Å². The minimum absolute atomic E-state index is 0.543. The molecular formula is C16H20N2. The van der Waals surface area contributed by atoms with E-state index < -0.39 is 0 Å². The molecule has 0 atom stereocenters. The maximum atomic E-state index is 4.26. The minimum Gasteiger partial charge on any atom is -0.300 e. The molecule has 1 aromatic carbocycles. The second-order valence-corrected chi connectivity index (χ2v) is 4.91. The van der Waals surface area contributed by atoms with Crippen LogP contribution in [0.3, 0.4) is 0 Å². The SMILES string of the molecule is CC(C)N(C)Cc1ccncc1-c1ccccc1. The van der Waals surface area contributed by atoms with Crippen LogP contribution in [0.25, 0.3) is 11.1 Å². The molecule has 2 heteroatoms. The Balaban J connectivity index is 2.32. The number of benzene rings is 1. The molecule has 0 spiro atoms. The van der Waals surface area contributed by atoms with Crippen molar-refractivity contribution in [1.29, 1.82) is 0 Å². The zero-order valence-corrected chi connectivity index (χ0v) is 11.3. The van der Waals surface area contributed by atoms with Crippen LogP contribution in [-0.2, 0) is 6.54 Å². The van der Waals surface area contributed by atoms with Crippen LogP contribution in [0.5, 0.6) is 0 Å². The highest BCUT2D eigenvalue weighted by Gasteiger charge is 2.09.